The molecule has 0 saturated carbocycles. The monoisotopic (exact) mass is 300 g/mol. The van der Waals surface area contributed by atoms with Gasteiger partial charge < -0.3 is 4.42 Å². The van der Waals surface area contributed by atoms with Crippen molar-refractivity contribution >= 4 is 11.2 Å². The van der Waals surface area contributed by atoms with Crippen LogP contribution in [0.3, 0.4) is 0 Å². The summed E-state index contributed by atoms with van der Waals surface area (Å²) < 4.78 is 5.90. The number of fused-ring (bicyclic) bond motifs is 1. The average molecular weight is 300 g/mol. The van der Waals surface area contributed by atoms with Crippen LogP contribution in [-0.4, -0.2) is 9.97 Å². The summed E-state index contributed by atoms with van der Waals surface area (Å²) >= 11 is 0. The fourth-order valence-electron chi connectivity index (χ4n) is 2.64. The van der Waals surface area contributed by atoms with Gasteiger partial charge >= 0.3 is 0 Å². The zero-order valence-electron chi connectivity index (χ0n) is 13.1. The second-order valence-corrected chi connectivity index (χ2v) is 5.73. The van der Waals surface area contributed by atoms with Crippen molar-refractivity contribution in [1.29, 1.82) is 0 Å². The lowest BCUT2D eigenvalue weighted by Gasteiger charge is -2.02. The first-order valence-corrected chi connectivity index (χ1v) is 7.61. The number of benzene rings is 2. The Bertz CT molecular complexity index is 970. The maximum absolute atomic E-state index is 5.90. The lowest BCUT2D eigenvalue weighted by molar-refractivity contribution is 0.608. The molecule has 0 amide bonds. The summed E-state index contributed by atoms with van der Waals surface area (Å²) in [5.74, 6) is 0.609. The smallest absolute Gasteiger partial charge is 0.248 e. The van der Waals surface area contributed by atoms with Crippen LogP contribution in [0.1, 0.15) is 11.1 Å². The molecule has 0 spiro atoms. The van der Waals surface area contributed by atoms with E-state index in [2.05, 4.69) is 47.2 Å². The van der Waals surface area contributed by atoms with E-state index < -0.39 is 0 Å². The SMILES string of the molecule is Cc1ccc(-c2cc(C)c3nc(-c4ccccc4)oc3n2)cc1. The van der Waals surface area contributed by atoms with Crippen LogP contribution in [0.4, 0.5) is 0 Å². The summed E-state index contributed by atoms with van der Waals surface area (Å²) in [5.41, 5.74) is 6.65. The molecule has 3 heteroatoms. The van der Waals surface area contributed by atoms with Crippen LogP contribution < -0.4 is 0 Å². The molecular formula is C20H16N2O. The number of oxazole rings is 1. The molecule has 0 saturated heterocycles. The second-order valence-electron chi connectivity index (χ2n) is 5.73. The molecule has 0 N–H and O–H groups in total. The minimum absolute atomic E-state index is 0.583. The summed E-state index contributed by atoms with van der Waals surface area (Å²) in [6.07, 6.45) is 0. The largest absolute Gasteiger partial charge is 0.418 e. The first-order chi connectivity index (χ1) is 11.2. The number of rotatable bonds is 2. The fraction of sp³-hybridized carbons (Fsp3) is 0.100. The Hall–Kier alpha value is -2.94. The maximum Gasteiger partial charge on any atom is 0.248 e. The Kier molecular flexibility index (Phi) is 3.19. The molecule has 0 fully saturated rings. The topological polar surface area (TPSA) is 38.9 Å². The molecule has 3 nitrogen and oxygen atoms in total. The number of hydrogen-bond acceptors (Lipinski definition) is 3. The summed E-state index contributed by atoms with van der Waals surface area (Å²) in [5, 5.41) is 0. The number of aryl methyl sites for hydroxylation is 2. The van der Waals surface area contributed by atoms with Crippen LogP contribution in [0.2, 0.25) is 0 Å². The predicted molar refractivity (Wildman–Crippen MR) is 92.2 cm³/mol. The Morgan fingerprint density at radius 1 is 0.783 bits per heavy atom. The van der Waals surface area contributed by atoms with Gasteiger partial charge in [-0.3, -0.25) is 0 Å². The van der Waals surface area contributed by atoms with Crippen LogP contribution in [0.25, 0.3) is 33.9 Å². The van der Waals surface area contributed by atoms with Gasteiger partial charge in [0.25, 0.3) is 0 Å². The van der Waals surface area contributed by atoms with Crippen molar-refractivity contribution in [3.8, 4) is 22.7 Å². The van der Waals surface area contributed by atoms with Crippen LogP contribution in [0, 0.1) is 13.8 Å². The lowest BCUT2D eigenvalue weighted by atomic mass is 10.1. The van der Waals surface area contributed by atoms with Gasteiger partial charge in [0.15, 0.2) is 0 Å². The third-order valence-corrected chi connectivity index (χ3v) is 3.93. The molecule has 0 aliphatic heterocycles. The van der Waals surface area contributed by atoms with Crippen molar-refractivity contribution < 1.29 is 4.42 Å². The van der Waals surface area contributed by atoms with Crippen LogP contribution in [0.5, 0.6) is 0 Å². The normalized spacial score (nSPS) is 11.0. The molecule has 0 radical (unpaired) electrons. The highest BCUT2D eigenvalue weighted by Gasteiger charge is 2.13. The molecule has 4 rings (SSSR count). The van der Waals surface area contributed by atoms with E-state index in [1.165, 1.54) is 5.56 Å². The quantitative estimate of drug-likeness (QED) is 0.512. The van der Waals surface area contributed by atoms with Gasteiger partial charge in [0.1, 0.15) is 5.52 Å². The predicted octanol–water partition coefficient (Wildman–Crippen LogP) is 5.17. The number of hydrogen-bond donors (Lipinski definition) is 0. The van der Waals surface area contributed by atoms with Crippen molar-refractivity contribution in [1.82, 2.24) is 9.97 Å². The Labute approximate surface area is 134 Å². The molecule has 0 aliphatic rings. The van der Waals surface area contributed by atoms with E-state index in [9.17, 15) is 0 Å². The lowest BCUT2D eigenvalue weighted by Crippen LogP contribution is -1.87. The van der Waals surface area contributed by atoms with Gasteiger partial charge in [-0.05, 0) is 37.6 Å². The summed E-state index contributed by atoms with van der Waals surface area (Å²) in [6.45, 7) is 4.12. The van der Waals surface area contributed by atoms with E-state index in [1.54, 1.807) is 0 Å². The van der Waals surface area contributed by atoms with Gasteiger partial charge in [-0.2, -0.15) is 0 Å². The molecule has 112 valence electrons. The molecule has 2 aromatic carbocycles. The van der Waals surface area contributed by atoms with Gasteiger partial charge in [-0.15, -0.1) is 0 Å². The molecule has 2 aromatic heterocycles. The first-order valence-electron chi connectivity index (χ1n) is 7.61. The van der Waals surface area contributed by atoms with Gasteiger partial charge in [0.05, 0.1) is 5.69 Å². The van der Waals surface area contributed by atoms with E-state index in [-0.39, 0.29) is 0 Å². The molecule has 0 bridgehead atoms. The molecular weight excluding hydrogens is 284 g/mol. The van der Waals surface area contributed by atoms with E-state index in [1.807, 2.05) is 37.3 Å². The van der Waals surface area contributed by atoms with Crippen LogP contribution >= 0.6 is 0 Å². The molecule has 4 aromatic rings. The summed E-state index contributed by atoms with van der Waals surface area (Å²) in [6, 6.07) is 20.3. The first kappa shape index (κ1) is 13.7. The van der Waals surface area contributed by atoms with Gasteiger partial charge in [0, 0.05) is 11.1 Å². The number of nitrogens with zero attached hydrogens (tertiary/aromatic N) is 2. The van der Waals surface area contributed by atoms with E-state index >= 15 is 0 Å². The van der Waals surface area contributed by atoms with Crippen molar-refractivity contribution in [3.05, 3.63) is 71.8 Å². The van der Waals surface area contributed by atoms with E-state index in [0.29, 0.717) is 11.6 Å². The van der Waals surface area contributed by atoms with Gasteiger partial charge in [-0.25, -0.2) is 9.97 Å². The maximum atomic E-state index is 5.90. The van der Waals surface area contributed by atoms with Crippen LogP contribution in [0.15, 0.2) is 65.1 Å². The molecule has 23 heavy (non-hydrogen) atoms. The summed E-state index contributed by atoms with van der Waals surface area (Å²) in [7, 11) is 0. The van der Waals surface area contributed by atoms with Crippen molar-refractivity contribution in [2.75, 3.05) is 0 Å². The number of aromatic nitrogens is 2. The number of pyridine rings is 1. The Balaban J connectivity index is 1.86. The van der Waals surface area contributed by atoms with Crippen molar-refractivity contribution in [3.63, 3.8) is 0 Å². The Morgan fingerprint density at radius 3 is 2.26 bits per heavy atom. The zero-order chi connectivity index (χ0) is 15.8. The highest BCUT2D eigenvalue weighted by molar-refractivity contribution is 5.79. The zero-order valence-corrected chi connectivity index (χ0v) is 13.1. The average Bonchev–Trinajstić information content (AvgIpc) is 3.01. The van der Waals surface area contributed by atoms with Crippen LogP contribution in [-0.2, 0) is 0 Å². The van der Waals surface area contributed by atoms with Gasteiger partial charge in [-0.1, -0.05) is 48.0 Å². The molecule has 2 heterocycles. The standard InChI is InChI=1S/C20H16N2O/c1-13-8-10-15(11-9-13)17-12-14(2)18-20(21-17)23-19(22-18)16-6-4-3-5-7-16/h3-12H,1-2H3. The van der Waals surface area contributed by atoms with Gasteiger partial charge in [0.2, 0.25) is 11.6 Å². The molecule has 0 atom stereocenters. The van der Waals surface area contributed by atoms with E-state index in [4.69, 9.17) is 4.42 Å². The third kappa shape index (κ3) is 2.50. The summed E-state index contributed by atoms with van der Waals surface area (Å²) in [4.78, 5) is 9.26. The second kappa shape index (κ2) is 5.36. The Morgan fingerprint density at radius 2 is 1.52 bits per heavy atom. The molecule has 0 aliphatic carbocycles. The minimum Gasteiger partial charge on any atom is -0.418 e. The highest BCUT2D eigenvalue weighted by Crippen LogP contribution is 2.28. The van der Waals surface area contributed by atoms with E-state index in [0.717, 1.165) is 27.9 Å². The van der Waals surface area contributed by atoms with Crippen molar-refractivity contribution in [2.24, 2.45) is 0 Å². The highest BCUT2D eigenvalue weighted by atomic mass is 16.4. The fourth-order valence-corrected chi connectivity index (χ4v) is 2.64. The third-order valence-electron chi connectivity index (χ3n) is 3.93. The van der Waals surface area contributed by atoms with Crippen molar-refractivity contribution in [2.45, 2.75) is 13.8 Å². The minimum atomic E-state index is 0.583. The molecule has 0 unspecified atom stereocenters.